The Kier molecular flexibility index (Phi) is 6.85. The number of rotatable bonds is 6. The maximum atomic E-state index is 12.3. The van der Waals surface area contributed by atoms with E-state index < -0.39 is 11.9 Å². The lowest BCUT2D eigenvalue weighted by atomic mass is 9.94. The molecule has 1 aromatic rings. The lowest BCUT2D eigenvalue weighted by Crippen LogP contribution is -2.32. The first-order chi connectivity index (χ1) is 11.6. The van der Waals surface area contributed by atoms with Gasteiger partial charge >= 0.3 is 11.9 Å². The maximum absolute atomic E-state index is 12.3. The van der Waals surface area contributed by atoms with E-state index in [2.05, 4.69) is 5.32 Å². The molecule has 0 heterocycles. The fourth-order valence-electron chi connectivity index (χ4n) is 2.87. The first-order valence-corrected chi connectivity index (χ1v) is 8.53. The number of carbonyl (C=O) groups is 2. The van der Waals surface area contributed by atoms with Crippen LogP contribution in [0.1, 0.15) is 51.5 Å². The van der Waals surface area contributed by atoms with Crippen LogP contribution in [0.25, 0.3) is 5.70 Å². The van der Waals surface area contributed by atoms with Crippen LogP contribution in [0.4, 0.5) is 0 Å². The van der Waals surface area contributed by atoms with Gasteiger partial charge in [-0.15, -0.1) is 0 Å². The third-order valence-corrected chi connectivity index (χ3v) is 3.95. The van der Waals surface area contributed by atoms with Crippen LogP contribution in [-0.2, 0) is 19.1 Å². The quantitative estimate of drug-likeness (QED) is 0.492. The summed E-state index contributed by atoms with van der Waals surface area (Å²) in [7, 11) is 0. The van der Waals surface area contributed by atoms with E-state index in [0.717, 1.165) is 31.2 Å². The fraction of sp³-hybridized carbons (Fsp3) is 0.474. The fourth-order valence-corrected chi connectivity index (χ4v) is 2.87. The van der Waals surface area contributed by atoms with Crippen LogP contribution in [0.3, 0.4) is 0 Å². The molecule has 0 aliphatic heterocycles. The molecule has 0 saturated heterocycles. The molecule has 1 N–H and O–H groups in total. The Morgan fingerprint density at radius 2 is 1.79 bits per heavy atom. The Morgan fingerprint density at radius 3 is 2.38 bits per heavy atom. The maximum Gasteiger partial charge on any atom is 0.376 e. The first kappa shape index (κ1) is 18.0. The highest BCUT2D eigenvalue weighted by Gasteiger charge is 2.24. The van der Waals surface area contributed by atoms with Crippen molar-refractivity contribution in [2.45, 2.75) is 52.0 Å². The zero-order valence-corrected chi connectivity index (χ0v) is 14.3. The predicted octanol–water partition coefficient (Wildman–Crippen LogP) is 3.40. The Labute approximate surface area is 143 Å². The molecule has 0 radical (unpaired) electrons. The summed E-state index contributed by atoms with van der Waals surface area (Å²) in [5.74, 6) is -1.24. The average molecular weight is 331 g/mol. The largest absolute Gasteiger partial charge is 0.460 e. The molecule has 0 bridgehead atoms. The molecular weight excluding hydrogens is 306 g/mol. The van der Waals surface area contributed by atoms with Crippen molar-refractivity contribution in [3.05, 3.63) is 41.7 Å². The highest BCUT2D eigenvalue weighted by Crippen LogP contribution is 2.24. The summed E-state index contributed by atoms with van der Waals surface area (Å²) >= 11 is 0. The Hall–Kier alpha value is -2.30. The van der Waals surface area contributed by atoms with Crippen LogP contribution in [0.2, 0.25) is 0 Å². The minimum Gasteiger partial charge on any atom is -0.460 e. The number of hydrogen-bond acceptors (Lipinski definition) is 5. The number of benzene rings is 1. The monoisotopic (exact) mass is 331 g/mol. The molecule has 1 aliphatic carbocycles. The Morgan fingerprint density at radius 1 is 1.12 bits per heavy atom. The first-order valence-electron chi connectivity index (χ1n) is 8.53. The molecule has 0 unspecified atom stereocenters. The minimum absolute atomic E-state index is 0.0684. The van der Waals surface area contributed by atoms with Gasteiger partial charge in [-0.3, -0.25) is 4.79 Å². The van der Waals surface area contributed by atoms with Crippen molar-refractivity contribution in [3.8, 4) is 0 Å². The number of nitrogens with one attached hydrogen (secondary N) is 1. The van der Waals surface area contributed by atoms with E-state index in [1.165, 1.54) is 13.3 Å². The van der Waals surface area contributed by atoms with Gasteiger partial charge < -0.3 is 14.8 Å². The lowest BCUT2D eigenvalue weighted by molar-refractivity contribution is -0.149. The second-order valence-electron chi connectivity index (χ2n) is 5.86. The van der Waals surface area contributed by atoms with Gasteiger partial charge in [0.25, 0.3) is 0 Å². The number of ether oxygens (including phenoxy) is 2. The average Bonchev–Trinajstić information content (AvgIpc) is 2.59. The number of carbonyl (C=O) groups excluding carboxylic acids is 2. The Bertz CT molecular complexity index is 589. The summed E-state index contributed by atoms with van der Waals surface area (Å²) in [6, 6.07) is 9.69. The standard InChI is InChI=1S/C19H25NO4/c1-3-23-19(22)18(24-14(2)21)17(15-10-6-4-7-11-15)20-16-12-8-5-9-13-16/h4,6-7,10-11,16,20H,3,5,8-9,12-13H2,1-2H3/b18-17+. The highest BCUT2D eigenvalue weighted by molar-refractivity contribution is 5.97. The molecule has 1 fully saturated rings. The van der Waals surface area contributed by atoms with Gasteiger partial charge in [0.05, 0.1) is 12.3 Å². The molecule has 0 spiro atoms. The zero-order chi connectivity index (χ0) is 17.4. The summed E-state index contributed by atoms with van der Waals surface area (Å²) in [5, 5.41) is 3.42. The predicted molar refractivity (Wildman–Crippen MR) is 91.8 cm³/mol. The van der Waals surface area contributed by atoms with Crippen molar-refractivity contribution in [2.24, 2.45) is 0 Å². The van der Waals surface area contributed by atoms with Crippen LogP contribution in [0.15, 0.2) is 36.1 Å². The van der Waals surface area contributed by atoms with Gasteiger partial charge in [-0.05, 0) is 19.8 Å². The molecule has 1 aromatic carbocycles. The third-order valence-electron chi connectivity index (χ3n) is 3.95. The molecule has 24 heavy (non-hydrogen) atoms. The van der Waals surface area contributed by atoms with Crippen LogP contribution < -0.4 is 5.32 Å². The molecule has 0 atom stereocenters. The Balaban J connectivity index is 2.41. The van der Waals surface area contributed by atoms with Gasteiger partial charge in [-0.2, -0.15) is 0 Å². The second-order valence-corrected chi connectivity index (χ2v) is 5.86. The minimum atomic E-state index is -0.630. The van der Waals surface area contributed by atoms with Crippen molar-refractivity contribution in [1.29, 1.82) is 0 Å². The summed E-state index contributed by atoms with van der Waals surface area (Å²) < 4.78 is 10.3. The topological polar surface area (TPSA) is 64.6 Å². The summed E-state index contributed by atoms with van der Waals surface area (Å²) in [5.41, 5.74) is 1.32. The SMILES string of the molecule is CCOC(=O)/C(OC(C)=O)=C(\NC1CCCCC1)c1ccccc1. The molecule has 1 aliphatic rings. The molecular formula is C19H25NO4. The summed E-state index contributed by atoms with van der Waals surface area (Å²) in [6.45, 7) is 3.22. The molecule has 5 heteroatoms. The van der Waals surface area contributed by atoms with E-state index in [1.807, 2.05) is 30.3 Å². The third kappa shape index (κ3) is 5.11. The molecule has 5 nitrogen and oxygen atoms in total. The van der Waals surface area contributed by atoms with Gasteiger partial charge in [0.1, 0.15) is 0 Å². The van der Waals surface area contributed by atoms with Crippen molar-refractivity contribution < 1.29 is 19.1 Å². The highest BCUT2D eigenvalue weighted by atomic mass is 16.6. The summed E-state index contributed by atoms with van der Waals surface area (Å²) in [4.78, 5) is 23.8. The summed E-state index contributed by atoms with van der Waals surface area (Å²) in [6.07, 6.45) is 5.61. The van der Waals surface area contributed by atoms with Gasteiger partial charge in [0.15, 0.2) is 0 Å². The lowest BCUT2D eigenvalue weighted by Gasteiger charge is -2.26. The number of hydrogen-bond donors (Lipinski definition) is 1. The molecule has 1 saturated carbocycles. The van der Waals surface area contributed by atoms with Crippen molar-refractivity contribution >= 4 is 17.6 Å². The van der Waals surface area contributed by atoms with E-state index in [4.69, 9.17) is 9.47 Å². The van der Waals surface area contributed by atoms with E-state index in [0.29, 0.717) is 5.70 Å². The van der Waals surface area contributed by atoms with Crippen molar-refractivity contribution in [2.75, 3.05) is 6.61 Å². The van der Waals surface area contributed by atoms with Gasteiger partial charge in [0.2, 0.25) is 5.76 Å². The smallest absolute Gasteiger partial charge is 0.376 e. The van der Waals surface area contributed by atoms with E-state index in [-0.39, 0.29) is 18.4 Å². The van der Waals surface area contributed by atoms with Crippen LogP contribution in [-0.4, -0.2) is 24.6 Å². The zero-order valence-electron chi connectivity index (χ0n) is 14.3. The molecule has 0 amide bonds. The van der Waals surface area contributed by atoms with Gasteiger partial charge in [-0.25, -0.2) is 4.79 Å². The normalized spacial score (nSPS) is 16.1. The van der Waals surface area contributed by atoms with Crippen LogP contribution in [0.5, 0.6) is 0 Å². The van der Waals surface area contributed by atoms with E-state index in [1.54, 1.807) is 6.92 Å². The van der Waals surface area contributed by atoms with Crippen molar-refractivity contribution in [3.63, 3.8) is 0 Å². The molecule has 130 valence electrons. The van der Waals surface area contributed by atoms with Crippen LogP contribution in [0, 0.1) is 0 Å². The van der Waals surface area contributed by atoms with E-state index >= 15 is 0 Å². The van der Waals surface area contributed by atoms with Gasteiger partial charge in [-0.1, -0.05) is 49.6 Å². The second kappa shape index (κ2) is 9.11. The molecule has 2 rings (SSSR count). The molecule has 0 aromatic heterocycles. The van der Waals surface area contributed by atoms with Crippen molar-refractivity contribution in [1.82, 2.24) is 5.32 Å². The number of esters is 2. The van der Waals surface area contributed by atoms with E-state index in [9.17, 15) is 9.59 Å². The van der Waals surface area contributed by atoms with Gasteiger partial charge in [0, 0.05) is 18.5 Å². The van der Waals surface area contributed by atoms with Crippen LogP contribution >= 0.6 is 0 Å².